The number of carboxylic acids is 1. The van der Waals surface area contributed by atoms with Crippen LogP contribution < -0.4 is 16.0 Å². The van der Waals surface area contributed by atoms with Gasteiger partial charge in [0.2, 0.25) is 6.17 Å². The minimum atomic E-state index is -1.33. The summed E-state index contributed by atoms with van der Waals surface area (Å²) < 4.78 is 17.0. The molecule has 0 saturated heterocycles. The van der Waals surface area contributed by atoms with E-state index >= 15 is 4.39 Å². The summed E-state index contributed by atoms with van der Waals surface area (Å²) in [6.07, 6.45) is 1.73. The van der Waals surface area contributed by atoms with E-state index < -0.39 is 35.8 Å². The van der Waals surface area contributed by atoms with E-state index in [9.17, 15) is 19.5 Å². The molecule has 0 fully saturated rings. The Morgan fingerprint density at radius 3 is 2.52 bits per heavy atom. The summed E-state index contributed by atoms with van der Waals surface area (Å²) in [5.74, 6) is -3.11. The molecule has 2 amide bonds. The van der Waals surface area contributed by atoms with Crippen molar-refractivity contribution in [2.45, 2.75) is 32.6 Å². The van der Waals surface area contributed by atoms with E-state index in [1.807, 2.05) is 42.5 Å². The summed E-state index contributed by atoms with van der Waals surface area (Å²) in [7, 11) is 0. The molecule has 0 radical (unpaired) electrons. The Balaban J connectivity index is 1.35. The summed E-state index contributed by atoms with van der Waals surface area (Å²) >= 11 is 0. The third-order valence-electron chi connectivity index (χ3n) is 7.63. The van der Waals surface area contributed by atoms with Gasteiger partial charge < -0.3 is 21.1 Å². The van der Waals surface area contributed by atoms with Crippen LogP contribution in [0.5, 0.6) is 0 Å². The van der Waals surface area contributed by atoms with Crippen LogP contribution in [-0.2, 0) is 16.1 Å². The maximum Gasteiger partial charge on any atom is 0.320 e. The summed E-state index contributed by atoms with van der Waals surface area (Å²) in [6, 6.07) is 21.8. The summed E-state index contributed by atoms with van der Waals surface area (Å²) in [5, 5.41) is 22.4. The molecule has 2 aromatic heterocycles. The number of carboxylic acid groups (broad SMARTS) is 1. The van der Waals surface area contributed by atoms with Crippen LogP contribution >= 0.6 is 0 Å². The van der Waals surface area contributed by atoms with Crippen LogP contribution in [0.2, 0.25) is 0 Å². The van der Waals surface area contributed by atoms with Crippen molar-refractivity contribution >= 4 is 34.8 Å². The molecule has 0 saturated carbocycles. The number of para-hydroxylation sites is 1. The molecule has 1 aliphatic heterocycles. The number of carbonyl (C=O) groups is 3. The van der Waals surface area contributed by atoms with Crippen LogP contribution in [0.3, 0.4) is 0 Å². The van der Waals surface area contributed by atoms with Crippen molar-refractivity contribution in [2.24, 2.45) is 10.9 Å². The van der Waals surface area contributed by atoms with E-state index in [0.29, 0.717) is 22.5 Å². The number of halogens is 1. The number of aliphatic imine (C=N–C) groups is 1. The Kier molecular flexibility index (Phi) is 8.36. The number of hydrogen-bond donors (Lipinski definition) is 4. The SMILES string of the molecule is CC(C)[C@H](NCc1ccc(-c2nn3cccnc3c2C(=O)N[C@H]2N=C(c3ccccc3)c3ccccc3NC2=O)c(F)c1)C(=O)O. The van der Waals surface area contributed by atoms with Crippen molar-refractivity contribution in [2.75, 3.05) is 5.32 Å². The quantitative estimate of drug-likeness (QED) is 0.192. The zero-order valence-corrected chi connectivity index (χ0v) is 24.9. The average molecular weight is 620 g/mol. The van der Waals surface area contributed by atoms with E-state index in [0.717, 1.165) is 5.56 Å². The summed E-state index contributed by atoms with van der Waals surface area (Å²) in [6.45, 7) is 3.68. The Morgan fingerprint density at radius 1 is 1.02 bits per heavy atom. The van der Waals surface area contributed by atoms with Gasteiger partial charge in [0.1, 0.15) is 23.1 Å². The third kappa shape index (κ3) is 5.97. The lowest BCUT2D eigenvalue weighted by molar-refractivity contribution is -0.140. The highest BCUT2D eigenvalue weighted by Gasteiger charge is 2.31. The number of benzodiazepines with no additional fused rings is 1. The molecule has 0 aliphatic carbocycles. The highest BCUT2D eigenvalue weighted by molar-refractivity contribution is 6.20. The van der Waals surface area contributed by atoms with Gasteiger partial charge >= 0.3 is 5.97 Å². The molecule has 1 aliphatic rings. The van der Waals surface area contributed by atoms with E-state index in [-0.39, 0.29) is 34.9 Å². The second kappa shape index (κ2) is 12.7. The molecular weight excluding hydrogens is 589 g/mol. The Morgan fingerprint density at radius 2 is 1.78 bits per heavy atom. The van der Waals surface area contributed by atoms with Gasteiger partial charge in [-0.25, -0.2) is 18.9 Å². The molecule has 46 heavy (non-hydrogen) atoms. The molecule has 4 N–H and O–H groups in total. The number of fused-ring (bicyclic) bond motifs is 2. The highest BCUT2D eigenvalue weighted by atomic mass is 19.1. The Hall–Kier alpha value is -5.75. The van der Waals surface area contributed by atoms with Gasteiger partial charge in [0, 0.05) is 35.6 Å². The number of anilines is 1. The third-order valence-corrected chi connectivity index (χ3v) is 7.63. The first-order chi connectivity index (χ1) is 22.2. The zero-order valence-electron chi connectivity index (χ0n) is 24.9. The van der Waals surface area contributed by atoms with Gasteiger partial charge in [-0.1, -0.05) is 68.4 Å². The van der Waals surface area contributed by atoms with Gasteiger partial charge in [-0.2, -0.15) is 5.10 Å². The highest BCUT2D eigenvalue weighted by Crippen LogP contribution is 2.29. The number of amides is 2. The Bertz CT molecular complexity index is 1990. The summed E-state index contributed by atoms with van der Waals surface area (Å²) in [5.41, 5.74) is 3.18. The number of carbonyl (C=O) groups excluding carboxylic acids is 2. The number of aromatic nitrogens is 3. The molecular formula is C34H30FN7O4. The first-order valence-corrected chi connectivity index (χ1v) is 14.6. The van der Waals surface area contributed by atoms with Crippen LogP contribution in [0.4, 0.5) is 10.1 Å². The van der Waals surface area contributed by atoms with Gasteiger partial charge in [-0.05, 0) is 35.7 Å². The fraction of sp³-hybridized carbons (Fsp3) is 0.176. The molecule has 5 aromatic rings. The van der Waals surface area contributed by atoms with Gasteiger partial charge in [-0.15, -0.1) is 0 Å². The summed E-state index contributed by atoms with van der Waals surface area (Å²) in [4.78, 5) is 48.0. The lowest BCUT2D eigenvalue weighted by Gasteiger charge is -2.18. The minimum Gasteiger partial charge on any atom is -0.480 e. The predicted molar refractivity (Wildman–Crippen MR) is 170 cm³/mol. The predicted octanol–water partition coefficient (Wildman–Crippen LogP) is 4.28. The lowest BCUT2D eigenvalue weighted by Crippen LogP contribution is -2.42. The van der Waals surface area contributed by atoms with Crippen molar-refractivity contribution in [3.63, 3.8) is 0 Å². The number of nitrogens with one attached hydrogen (secondary N) is 3. The van der Waals surface area contributed by atoms with Crippen LogP contribution in [0.15, 0.2) is 96.2 Å². The van der Waals surface area contributed by atoms with Gasteiger partial charge in [0.15, 0.2) is 5.65 Å². The first-order valence-electron chi connectivity index (χ1n) is 14.6. The molecule has 6 rings (SSSR count). The van der Waals surface area contributed by atoms with E-state index in [4.69, 9.17) is 4.99 Å². The molecule has 11 nitrogen and oxygen atoms in total. The normalized spacial score (nSPS) is 15.1. The minimum absolute atomic E-state index is 0.0170. The molecule has 232 valence electrons. The standard InChI is InChI=1S/C34H30FN7O4/c1-19(2)27(34(45)46)37-18-20-13-14-22(24(35)17-20)29-26(31-36-15-8-16-42(31)41-29)32(43)40-30-33(44)38-25-12-7-6-11-23(25)28(39-30)21-9-4-3-5-10-21/h3-17,19,27,30,37H,18H2,1-2H3,(H,38,44)(H,40,43)(H,45,46)/t27-,30+/m0/s1. The molecule has 3 heterocycles. The van der Waals surface area contributed by atoms with Crippen molar-refractivity contribution in [3.8, 4) is 11.3 Å². The van der Waals surface area contributed by atoms with Crippen LogP contribution in [-0.4, -0.2) is 55.4 Å². The van der Waals surface area contributed by atoms with Gasteiger partial charge in [-0.3, -0.25) is 14.4 Å². The fourth-order valence-corrected chi connectivity index (χ4v) is 5.36. The second-order valence-corrected chi connectivity index (χ2v) is 11.1. The van der Waals surface area contributed by atoms with Crippen LogP contribution in [0, 0.1) is 11.7 Å². The van der Waals surface area contributed by atoms with E-state index in [1.165, 1.54) is 22.8 Å². The second-order valence-electron chi connectivity index (χ2n) is 11.1. The number of rotatable bonds is 9. The topological polar surface area (TPSA) is 150 Å². The molecule has 3 aromatic carbocycles. The van der Waals surface area contributed by atoms with E-state index in [1.54, 1.807) is 44.3 Å². The monoisotopic (exact) mass is 619 g/mol. The molecule has 0 spiro atoms. The van der Waals surface area contributed by atoms with Gasteiger partial charge in [0.05, 0.1) is 11.4 Å². The first kappa shape index (κ1) is 30.3. The van der Waals surface area contributed by atoms with Crippen molar-refractivity contribution in [1.82, 2.24) is 25.2 Å². The number of nitrogens with zero attached hydrogens (tertiary/aromatic N) is 4. The zero-order chi connectivity index (χ0) is 32.4. The molecule has 2 atom stereocenters. The van der Waals surface area contributed by atoms with Crippen LogP contribution in [0.1, 0.15) is 40.9 Å². The van der Waals surface area contributed by atoms with E-state index in [2.05, 4.69) is 26.0 Å². The maximum absolute atomic E-state index is 15.7. The maximum atomic E-state index is 15.7. The number of aliphatic carboxylic acids is 1. The van der Waals surface area contributed by atoms with Crippen LogP contribution in [0.25, 0.3) is 16.9 Å². The van der Waals surface area contributed by atoms with Crippen molar-refractivity contribution in [3.05, 3.63) is 119 Å². The number of benzene rings is 3. The number of hydrogen-bond acceptors (Lipinski definition) is 7. The smallest absolute Gasteiger partial charge is 0.320 e. The molecule has 0 unspecified atom stereocenters. The largest absolute Gasteiger partial charge is 0.480 e. The Labute approximate surface area is 263 Å². The molecule has 0 bridgehead atoms. The lowest BCUT2D eigenvalue weighted by atomic mass is 10.0. The fourth-order valence-electron chi connectivity index (χ4n) is 5.36. The average Bonchev–Trinajstić information content (AvgIpc) is 3.36. The van der Waals surface area contributed by atoms with Gasteiger partial charge in [0.25, 0.3) is 11.8 Å². The molecule has 12 heteroatoms. The van der Waals surface area contributed by atoms with Crippen molar-refractivity contribution < 1.29 is 23.9 Å². The van der Waals surface area contributed by atoms with Crippen molar-refractivity contribution in [1.29, 1.82) is 0 Å².